The molecule has 0 spiro atoms. The van der Waals surface area contributed by atoms with E-state index in [-0.39, 0.29) is 6.04 Å². The maximum atomic E-state index is 6.48. The van der Waals surface area contributed by atoms with Crippen molar-refractivity contribution in [2.45, 2.75) is 26.4 Å². The zero-order chi connectivity index (χ0) is 15.6. The molecule has 0 bridgehead atoms. The molecule has 0 fully saturated rings. The topological polar surface area (TPSA) is 47.1 Å². The van der Waals surface area contributed by atoms with Crippen molar-refractivity contribution in [2.24, 2.45) is 5.73 Å². The highest BCUT2D eigenvalue weighted by Gasteiger charge is 2.20. The summed E-state index contributed by atoms with van der Waals surface area (Å²) in [6, 6.07) is 6.05. The SMILES string of the molecule is Cc1ccc(C)c(C(N)c2c(Cl)cnn2CCN(C)C)c1. The van der Waals surface area contributed by atoms with E-state index in [2.05, 4.69) is 42.0 Å². The monoisotopic (exact) mass is 306 g/mol. The predicted molar refractivity (Wildman–Crippen MR) is 87.7 cm³/mol. The van der Waals surface area contributed by atoms with Gasteiger partial charge in [-0.05, 0) is 39.1 Å². The summed E-state index contributed by atoms with van der Waals surface area (Å²) in [5.74, 6) is 0. The molecule has 1 unspecified atom stereocenters. The maximum absolute atomic E-state index is 6.48. The minimum Gasteiger partial charge on any atom is -0.319 e. The van der Waals surface area contributed by atoms with Crippen LogP contribution < -0.4 is 5.73 Å². The molecule has 1 aromatic carbocycles. The summed E-state index contributed by atoms with van der Waals surface area (Å²) in [7, 11) is 4.07. The minimum atomic E-state index is -0.262. The minimum absolute atomic E-state index is 0.262. The fourth-order valence-electron chi connectivity index (χ4n) is 2.40. The Labute approximate surface area is 131 Å². The molecule has 0 saturated carbocycles. The van der Waals surface area contributed by atoms with Crippen LogP contribution in [0.4, 0.5) is 0 Å². The molecular formula is C16H23ClN4. The molecule has 1 atom stereocenters. The number of likely N-dealkylation sites (N-methyl/N-ethyl adjacent to an activating group) is 1. The van der Waals surface area contributed by atoms with Crippen LogP contribution in [0, 0.1) is 13.8 Å². The van der Waals surface area contributed by atoms with Gasteiger partial charge in [-0.3, -0.25) is 4.68 Å². The van der Waals surface area contributed by atoms with Gasteiger partial charge >= 0.3 is 0 Å². The predicted octanol–water partition coefficient (Wildman–Crippen LogP) is 2.76. The average Bonchev–Trinajstić information content (AvgIpc) is 2.79. The van der Waals surface area contributed by atoms with Gasteiger partial charge < -0.3 is 10.6 Å². The van der Waals surface area contributed by atoms with Crippen LogP contribution in [0.2, 0.25) is 5.02 Å². The third kappa shape index (κ3) is 3.64. The largest absolute Gasteiger partial charge is 0.319 e. The molecule has 0 amide bonds. The van der Waals surface area contributed by atoms with Crippen LogP contribution in [0.1, 0.15) is 28.4 Å². The summed E-state index contributed by atoms with van der Waals surface area (Å²) in [4.78, 5) is 2.11. The normalized spacial score (nSPS) is 12.9. The Morgan fingerprint density at radius 1 is 1.33 bits per heavy atom. The zero-order valence-corrected chi connectivity index (χ0v) is 13.9. The van der Waals surface area contributed by atoms with Crippen molar-refractivity contribution in [3.63, 3.8) is 0 Å². The highest BCUT2D eigenvalue weighted by molar-refractivity contribution is 6.31. The van der Waals surface area contributed by atoms with Gasteiger partial charge in [0.2, 0.25) is 0 Å². The first-order valence-corrected chi connectivity index (χ1v) is 7.46. The van der Waals surface area contributed by atoms with Gasteiger partial charge in [0.1, 0.15) is 0 Å². The van der Waals surface area contributed by atoms with E-state index in [9.17, 15) is 0 Å². The lowest BCUT2D eigenvalue weighted by molar-refractivity contribution is 0.368. The summed E-state index contributed by atoms with van der Waals surface area (Å²) in [5.41, 5.74) is 10.8. The van der Waals surface area contributed by atoms with Crippen molar-refractivity contribution < 1.29 is 0 Å². The van der Waals surface area contributed by atoms with Crippen molar-refractivity contribution >= 4 is 11.6 Å². The lowest BCUT2D eigenvalue weighted by Crippen LogP contribution is -2.24. The first kappa shape index (κ1) is 16.0. The Balaban J connectivity index is 2.36. The molecule has 1 heterocycles. The van der Waals surface area contributed by atoms with Crippen LogP contribution in [0.3, 0.4) is 0 Å². The van der Waals surface area contributed by atoms with Gasteiger partial charge in [-0.25, -0.2) is 0 Å². The number of hydrogen-bond donors (Lipinski definition) is 1. The molecule has 0 saturated heterocycles. The Hall–Kier alpha value is -1.36. The Morgan fingerprint density at radius 3 is 2.71 bits per heavy atom. The van der Waals surface area contributed by atoms with Gasteiger partial charge in [0.25, 0.3) is 0 Å². The fraction of sp³-hybridized carbons (Fsp3) is 0.438. The van der Waals surface area contributed by atoms with Gasteiger partial charge in [0.15, 0.2) is 0 Å². The van der Waals surface area contributed by atoms with Crippen molar-refractivity contribution in [3.05, 3.63) is 51.8 Å². The Morgan fingerprint density at radius 2 is 2.05 bits per heavy atom. The lowest BCUT2D eigenvalue weighted by atomic mass is 9.97. The Bertz CT molecular complexity index is 619. The molecule has 114 valence electrons. The number of benzene rings is 1. The van der Waals surface area contributed by atoms with Crippen molar-refractivity contribution in [3.8, 4) is 0 Å². The highest BCUT2D eigenvalue weighted by atomic mass is 35.5. The third-order valence-electron chi connectivity index (χ3n) is 3.66. The molecule has 0 radical (unpaired) electrons. The quantitative estimate of drug-likeness (QED) is 0.924. The van der Waals surface area contributed by atoms with E-state index in [1.807, 2.05) is 18.8 Å². The van der Waals surface area contributed by atoms with Gasteiger partial charge in [-0.2, -0.15) is 5.10 Å². The van der Waals surface area contributed by atoms with Crippen LogP contribution in [-0.4, -0.2) is 35.3 Å². The smallest absolute Gasteiger partial charge is 0.0837 e. The van der Waals surface area contributed by atoms with E-state index in [4.69, 9.17) is 17.3 Å². The number of halogens is 1. The molecule has 21 heavy (non-hydrogen) atoms. The summed E-state index contributed by atoms with van der Waals surface area (Å²) >= 11 is 6.32. The van der Waals surface area contributed by atoms with Crippen molar-refractivity contribution in [1.29, 1.82) is 0 Å². The molecular weight excluding hydrogens is 284 g/mol. The second-order valence-corrected chi connectivity index (χ2v) is 6.15. The highest BCUT2D eigenvalue weighted by Crippen LogP contribution is 2.28. The average molecular weight is 307 g/mol. The first-order chi connectivity index (χ1) is 9.90. The van der Waals surface area contributed by atoms with Crippen LogP contribution in [0.25, 0.3) is 0 Å². The maximum Gasteiger partial charge on any atom is 0.0837 e. The third-order valence-corrected chi connectivity index (χ3v) is 3.95. The number of nitrogens with two attached hydrogens (primary N) is 1. The van der Waals surface area contributed by atoms with E-state index in [0.717, 1.165) is 24.3 Å². The Kier molecular flexibility index (Phi) is 5.04. The first-order valence-electron chi connectivity index (χ1n) is 7.09. The van der Waals surface area contributed by atoms with E-state index in [1.54, 1.807) is 6.20 Å². The number of aromatic nitrogens is 2. The molecule has 0 aliphatic carbocycles. The number of aryl methyl sites for hydroxylation is 2. The van der Waals surface area contributed by atoms with E-state index in [0.29, 0.717) is 5.02 Å². The van der Waals surface area contributed by atoms with Gasteiger partial charge in [0, 0.05) is 6.54 Å². The summed E-state index contributed by atoms with van der Waals surface area (Å²) in [6.07, 6.45) is 1.68. The van der Waals surface area contributed by atoms with Gasteiger partial charge in [-0.1, -0.05) is 35.4 Å². The van der Waals surface area contributed by atoms with Gasteiger partial charge in [-0.15, -0.1) is 0 Å². The molecule has 1 aromatic heterocycles. The molecule has 2 aromatic rings. The second-order valence-electron chi connectivity index (χ2n) is 5.74. The van der Waals surface area contributed by atoms with Crippen LogP contribution in [-0.2, 0) is 6.54 Å². The standard InChI is InChI=1S/C16H23ClN4/c1-11-5-6-12(2)13(9-11)15(18)16-14(17)10-19-21(16)8-7-20(3)4/h5-6,9-10,15H,7-8,18H2,1-4H3. The van der Waals surface area contributed by atoms with Crippen LogP contribution in [0.15, 0.2) is 24.4 Å². The molecule has 0 aliphatic rings. The van der Waals surface area contributed by atoms with E-state index < -0.39 is 0 Å². The van der Waals surface area contributed by atoms with Crippen molar-refractivity contribution in [2.75, 3.05) is 20.6 Å². The number of hydrogen-bond acceptors (Lipinski definition) is 3. The summed E-state index contributed by atoms with van der Waals surface area (Å²) in [5, 5.41) is 4.99. The van der Waals surface area contributed by atoms with Crippen LogP contribution in [0.5, 0.6) is 0 Å². The molecule has 0 aliphatic heterocycles. The van der Waals surface area contributed by atoms with Crippen molar-refractivity contribution in [1.82, 2.24) is 14.7 Å². The summed E-state index contributed by atoms with van der Waals surface area (Å²) < 4.78 is 1.91. The molecule has 2 N–H and O–H groups in total. The molecule has 4 nitrogen and oxygen atoms in total. The second kappa shape index (κ2) is 6.60. The van der Waals surface area contributed by atoms with E-state index in [1.165, 1.54) is 11.1 Å². The molecule has 5 heteroatoms. The summed E-state index contributed by atoms with van der Waals surface area (Å²) in [6.45, 7) is 5.81. The molecule has 2 rings (SSSR count). The number of rotatable bonds is 5. The van der Waals surface area contributed by atoms with Crippen LogP contribution >= 0.6 is 11.6 Å². The lowest BCUT2D eigenvalue weighted by Gasteiger charge is -2.19. The number of nitrogens with zero attached hydrogens (tertiary/aromatic N) is 3. The van der Waals surface area contributed by atoms with E-state index >= 15 is 0 Å². The fourth-order valence-corrected chi connectivity index (χ4v) is 2.66. The zero-order valence-electron chi connectivity index (χ0n) is 13.1. The van der Waals surface area contributed by atoms with Gasteiger partial charge in [0.05, 0.1) is 29.5 Å².